The average molecular weight is 355 g/mol. The first-order valence-corrected chi connectivity index (χ1v) is 7.05. The number of pyridine rings is 1. The lowest BCUT2D eigenvalue weighted by molar-refractivity contribution is 0.102. The summed E-state index contributed by atoms with van der Waals surface area (Å²) in [4.78, 5) is 18.4. The molecule has 0 aliphatic carbocycles. The number of hydrogen-bond acceptors (Lipinski definition) is 3. The Kier molecular flexibility index (Phi) is 4.62. The van der Waals surface area contributed by atoms with E-state index in [1.54, 1.807) is 30.5 Å². The molecule has 0 saturated heterocycles. The van der Waals surface area contributed by atoms with Crippen molar-refractivity contribution in [1.82, 2.24) is 4.98 Å². The second-order valence-electron chi connectivity index (χ2n) is 4.35. The highest BCUT2D eigenvalue weighted by molar-refractivity contribution is 9.10. The minimum absolute atomic E-state index is 0.218. The average Bonchev–Trinajstić information content (AvgIpc) is 2.38. The number of amides is 1. The normalized spacial score (nSPS) is 10.2. The molecule has 20 heavy (non-hydrogen) atoms. The van der Waals surface area contributed by atoms with Crippen LogP contribution in [0.3, 0.4) is 0 Å². The van der Waals surface area contributed by atoms with Gasteiger partial charge in [-0.2, -0.15) is 0 Å². The summed E-state index contributed by atoms with van der Waals surface area (Å²) in [6.45, 7) is 0. The first-order chi connectivity index (χ1) is 9.49. The Morgan fingerprint density at radius 3 is 2.75 bits per heavy atom. The fourth-order valence-corrected chi connectivity index (χ4v) is 2.58. The molecule has 2 aromatic rings. The van der Waals surface area contributed by atoms with Crippen molar-refractivity contribution in [1.29, 1.82) is 0 Å². The molecule has 1 aromatic carbocycles. The van der Waals surface area contributed by atoms with E-state index < -0.39 is 0 Å². The monoisotopic (exact) mass is 353 g/mol. The van der Waals surface area contributed by atoms with Crippen LogP contribution in [0.2, 0.25) is 5.02 Å². The van der Waals surface area contributed by atoms with Crippen molar-refractivity contribution in [2.24, 2.45) is 0 Å². The minimum atomic E-state index is -0.218. The van der Waals surface area contributed by atoms with Gasteiger partial charge >= 0.3 is 0 Å². The molecule has 1 heterocycles. The highest BCUT2D eigenvalue weighted by Gasteiger charge is 2.13. The largest absolute Gasteiger partial charge is 0.361 e. The van der Waals surface area contributed by atoms with Gasteiger partial charge in [0, 0.05) is 29.8 Å². The van der Waals surface area contributed by atoms with Crippen molar-refractivity contribution < 1.29 is 4.79 Å². The van der Waals surface area contributed by atoms with Gasteiger partial charge < -0.3 is 10.2 Å². The summed E-state index contributed by atoms with van der Waals surface area (Å²) in [6, 6.07) is 8.63. The SMILES string of the molecule is CN(C)c1ncccc1NC(=O)c1ccc(Cl)cc1Br. The maximum atomic E-state index is 12.3. The third-order valence-electron chi connectivity index (χ3n) is 2.63. The highest BCUT2D eigenvalue weighted by atomic mass is 79.9. The van der Waals surface area contributed by atoms with Crippen LogP contribution in [0.25, 0.3) is 0 Å². The number of anilines is 2. The third-order valence-corrected chi connectivity index (χ3v) is 3.53. The quantitative estimate of drug-likeness (QED) is 0.911. The van der Waals surface area contributed by atoms with Gasteiger partial charge in [0.25, 0.3) is 5.91 Å². The summed E-state index contributed by atoms with van der Waals surface area (Å²) >= 11 is 9.21. The minimum Gasteiger partial charge on any atom is -0.361 e. The summed E-state index contributed by atoms with van der Waals surface area (Å²) in [5.74, 6) is 0.482. The molecule has 1 amide bonds. The van der Waals surface area contributed by atoms with Gasteiger partial charge in [0.2, 0.25) is 0 Å². The molecule has 2 rings (SSSR count). The van der Waals surface area contributed by atoms with Crippen molar-refractivity contribution in [3.8, 4) is 0 Å². The molecule has 1 N–H and O–H groups in total. The van der Waals surface area contributed by atoms with Crippen LogP contribution in [0.5, 0.6) is 0 Å². The smallest absolute Gasteiger partial charge is 0.256 e. The Morgan fingerprint density at radius 1 is 1.35 bits per heavy atom. The molecule has 0 spiro atoms. The molecule has 0 atom stereocenters. The fourth-order valence-electron chi connectivity index (χ4n) is 1.71. The first-order valence-electron chi connectivity index (χ1n) is 5.88. The number of halogens is 2. The van der Waals surface area contributed by atoms with Gasteiger partial charge in [-0.05, 0) is 46.3 Å². The van der Waals surface area contributed by atoms with Crippen molar-refractivity contribution >= 4 is 44.9 Å². The second-order valence-corrected chi connectivity index (χ2v) is 5.64. The molecule has 0 fully saturated rings. The van der Waals surface area contributed by atoms with E-state index in [1.807, 2.05) is 25.1 Å². The molecule has 0 aliphatic heterocycles. The molecule has 0 aliphatic rings. The Balaban J connectivity index is 2.28. The van der Waals surface area contributed by atoms with Gasteiger partial charge in [-0.1, -0.05) is 11.6 Å². The Labute approximate surface area is 130 Å². The van der Waals surface area contributed by atoms with Crippen LogP contribution < -0.4 is 10.2 Å². The van der Waals surface area contributed by atoms with Crippen molar-refractivity contribution in [3.05, 3.63) is 51.6 Å². The van der Waals surface area contributed by atoms with E-state index in [4.69, 9.17) is 11.6 Å². The zero-order valence-electron chi connectivity index (χ0n) is 11.0. The predicted octanol–water partition coefficient (Wildman–Crippen LogP) is 3.82. The Morgan fingerprint density at radius 2 is 2.10 bits per heavy atom. The summed E-state index contributed by atoms with van der Waals surface area (Å²) in [6.07, 6.45) is 1.68. The van der Waals surface area contributed by atoms with E-state index in [0.717, 1.165) is 0 Å². The molecular weight excluding hydrogens is 342 g/mol. The number of nitrogens with one attached hydrogen (secondary N) is 1. The number of carbonyl (C=O) groups is 1. The van der Waals surface area contributed by atoms with Crippen LogP contribution in [0.15, 0.2) is 41.0 Å². The van der Waals surface area contributed by atoms with Crippen LogP contribution >= 0.6 is 27.5 Å². The lowest BCUT2D eigenvalue weighted by Crippen LogP contribution is -2.18. The zero-order chi connectivity index (χ0) is 14.7. The molecule has 0 saturated carbocycles. The highest BCUT2D eigenvalue weighted by Crippen LogP contribution is 2.25. The van der Waals surface area contributed by atoms with E-state index in [9.17, 15) is 4.79 Å². The van der Waals surface area contributed by atoms with Gasteiger partial charge in [-0.25, -0.2) is 4.98 Å². The summed E-state index contributed by atoms with van der Waals surface area (Å²) in [5, 5.41) is 3.43. The van der Waals surface area contributed by atoms with E-state index in [2.05, 4.69) is 26.2 Å². The maximum Gasteiger partial charge on any atom is 0.256 e. The van der Waals surface area contributed by atoms with Crippen LogP contribution in [-0.2, 0) is 0 Å². The van der Waals surface area contributed by atoms with Crippen molar-refractivity contribution in [3.63, 3.8) is 0 Å². The molecule has 104 valence electrons. The van der Waals surface area contributed by atoms with E-state index >= 15 is 0 Å². The third kappa shape index (κ3) is 3.29. The Hall–Kier alpha value is -1.59. The molecule has 1 aromatic heterocycles. The summed E-state index contributed by atoms with van der Waals surface area (Å²) in [7, 11) is 3.74. The van der Waals surface area contributed by atoms with Gasteiger partial charge in [0.1, 0.15) is 0 Å². The van der Waals surface area contributed by atoms with Gasteiger partial charge in [0.05, 0.1) is 11.3 Å². The van der Waals surface area contributed by atoms with E-state index in [1.165, 1.54) is 0 Å². The Bertz CT molecular complexity index is 646. The van der Waals surface area contributed by atoms with E-state index in [-0.39, 0.29) is 5.91 Å². The second kappa shape index (κ2) is 6.24. The molecular formula is C14H13BrClN3O. The van der Waals surface area contributed by atoms with Gasteiger partial charge in [-0.3, -0.25) is 4.79 Å². The number of benzene rings is 1. The molecule has 6 heteroatoms. The number of hydrogen-bond donors (Lipinski definition) is 1. The molecule has 4 nitrogen and oxygen atoms in total. The molecule has 0 bridgehead atoms. The zero-order valence-corrected chi connectivity index (χ0v) is 13.4. The topological polar surface area (TPSA) is 45.2 Å². The van der Waals surface area contributed by atoms with E-state index in [0.29, 0.717) is 26.6 Å². The lowest BCUT2D eigenvalue weighted by Gasteiger charge is -2.16. The first kappa shape index (κ1) is 14.8. The van der Waals surface area contributed by atoms with Crippen LogP contribution in [0.1, 0.15) is 10.4 Å². The van der Waals surface area contributed by atoms with Crippen molar-refractivity contribution in [2.45, 2.75) is 0 Å². The number of rotatable bonds is 3. The maximum absolute atomic E-state index is 12.3. The van der Waals surface area contributed by atoms with Crippen LogP contribution in [0, 0.1) is 0 Å². The standard InChI is InChI=1S/C14H13BrClN3O/c1-19(2)13-12(4-3-7-17-13)18-14(20)10-6-5-9(16)8-11(10)15/h3-8H,1-2H3,(H,18,20). The predicted molar refractivity (Wildman–Crippen MR) is 85.7 cm³/mol. The van der Waals surface area contributed by atoms with Gasteiger partial charge in [-0.15, -0.1) is 0 Å². The lowest BCUT2D eigenvalue weighted by atomic mass is 10.2. The summed E-state index contributed by atoms with van der Waals surface area (Å²) < 4.78 is 0.651. The van der Waals surface area contributed by atoms with Crippen LogP contribution in [0.4, 0.5) is 11.5 Å². The summed E-state index contributed by atoms with van der Waals surface area (Å²) in [5.41, 5.74) is 1.17. The number of nitrogens with zero attached hydrogens (tertiary/aromatic N) is 2. The fraction of sp³-hybridized carbons (Fsp3) is 0.143. The van der Waals surface area contributed by atoms with Crippen molar-refractivity contribution in [2.75, 3.05) is 24.3 Å². The van der Waals surface area contributed by atoms with Crippen LogP contribution in [-0.4, -0.2) is 25.0 Å². The van der Waals surface area contributed by atoms with Gasteiger partial charge in [0.15, 0.2) is 5.82 Å². The number of carbonyl (C=O) groups excluding carboxylic acids is 1. The molecule has 0 unspecified atom stereocenters. The molecule has 0 radical (unpaired) electrons. The number of aromatic nitrogens is 1.